The van der Waals surface area contributed by atoms with Crippen LogP contribution in [0.15, 0.2) is 0 Å². The first-order chi connectivity index (χ1) is 16.1. The summed E-state index contributed by atoms with van der Waals surface area (Å²) >= 11 is 1.90. The summed E-state index contributed by atoms with van der Waals surface area (Å²) in [6.45, 7) is 3.63. The van der Waals surface area contributed by atoms with Crippen molar-refractivity contribution in [3.05, 3.63) is 0 Å². The standard InChI is InChI=1S/C21H37N3O8S/c25-18(4-2-1-3-17-20-16(15-33-17)23-21(28)24-20)22-6-8-30-10-12-32-14-13-31-11-9-29-7-5-19(26)27/h16-17,20H,1-15H2,(H,22,25)(H,26,27)(H2,23,24,28)/t16-,17+,20+/m0/s1. The summed E-state index contributed by atoms with van der Waals surface area (Å²) in [7, 11) is 0. The van der Waals surface area contributed by atoms with E-state index in [9.17, 15) is 14.4 Å². The van der Waals surface area contributed by atoms with Crippen molar-refractivity contribution in [2.75, 3.05) is 65.2 Å². The fourth-order valence-electron chi connectivity index (χ4n) is 3.55. The predicted molar refractivity (Wildman–Crippen MR) is 122 cm³/mol. The largest absolute Gasteiger partial charge is 0.481 e. The van der Waals surface area contributed by atoms with E-state index < -0.39 is 5.97 Å². The number of nitrogens with one attached hydrogen (secondary N) is 3. The molecule has 0 aliphatic carbocycles. The van der Waals surface area contributed by atoms with Gasteiger partial charge in [0, 0.05) is 24.0 Å². The lowest BCUT2D eigenvalue weighted by Gasteiger charge is -2.16. The molecule has 0 unspecified atom stereocenters. The van der Waals surface area contributed by atoms with Crippen LogP contribution in [0.5, 0.6) is 0 Å². The van der Waals surface area contributed by atoms with Crippen LogP contribution in [0.1, 0.15) is 32.1 Å². The molecule has 4 N–H and O–H groups in total. The number of hydrogen-bond acceptors (Lipinski definition) is 8. The van der Waals surface area contributed by atoms with Gasteiger partial charge < -0.3 is 40.0 Å². The van der Waals surface area contributed by atoms with Crippen molar-refractivity contribution in [2.45, 2.75) is 49.4 Å². The summed E-state index contributed by atoms with van der Waals surface area (Å²) in [5.74, 6) is 0.115. The topological polar surface area (TPSA) is 144 Å². The summed E-state index contributed by atoms with van der Waals surface area (Å²) in [6.07, 6.45) is 3.32. The summed E-state index contributed by atoms with van der Waals surface area (Å²) in [4.78, 5) is 33.6. The molecule has 3 amide bonds. The third-order valence-corrected chi connectivity index (χ3v) is 6.73. The number of carboxylic acids is 1. The number of carbonyl (C=O) groups is 3. The van der Waals surface area contributed by atoms with Crippen molar-refractivity contribution in [3.63, 3.8) is 0 Å². The predicted octanol–water partition coefficient (Wildman–Crippen LogP) is 0.370. The van der Waals surface area contributed by atoms with Crippen LogP contribution in [0.2, 0.25) is 0 Å². The number of aliphatic carboxylic acids is 1. The van der Waals surface area contributed by atoms with E-state index in [1.807, 2.05) is 11.8 Å². The molecule has 0 radical (unpaired) electrons. The Kier molecular flexibility index (Phi) is 14.2. The molecule has 0 aromatic heterocycles. The zero-order valence-corrected chi connectivity index (χ0v) is 19.9. The Labute approximate surface area is 199 Å². The average molecular weight is 492 g/mol. The van der Waals surface area contributed by atoms with Gasteiger partial charge in [-0.05, 0) is 12.8 Å². The van der Waals surface area contributed by atoms with Gasteiger partial charge in [-0.2, -0.15) is 11.8 Å². The Balaban J connectivity index is 1.28. The molecule has 3 atom stereocenters. The smallest absolute Gasteiger partial charge is 0.315 e. The molecule has 2 fully saturated rings. The van der Waals surface area contributed by atoms with E-state index in [1.165, 1.54) is 0 Å². The molecule has 2 rings (SSSR count). The van der Waals surface area contributed by atoms with Crippen LogP contribution in [0, 0.1) is 0 Å². The molecule has 0 saturated carbocycles. The quantitative estimate of drug-likeness (QED) is 0.140. The van der Waals surface area contributed by atoms with Crippen molar-refractivity contribution >= 4 is 29.7 Å². The molecule has 2 heterocycles. The van der Waals surface area contributed by atoms with Gasteiger partial charge in [-0.3, -0.25) is 9.59 Å². The van der Waals surface area contributed by atoms with E-state index in [4.69, 9.17) is 24.1 Å². The Hall–Kier alpha value is -1.60. The van der Waals surface area contributed by atoms with Crippen LogP contribution in [0.4, 0.5) is 4.79 Å². The first kappa shape index (κ1) is 27.6. The lowest BCUT2D eigenvalue weighted by Crippen LogP contribution is -2.36. The van der Waals surface area contributed by atoms with Gasteiger partial charge in [0.15, 0.2) is 0 Å². The molecule has 2 aliphatic heterocycles. The van der Waals surface area contributed by atoms with Gasteiger partial charge in [0.25, 0.3) is 0 Å². The van der Waals surface area contributed by atoms with Crippen molar-refractivity contribution in [1.29, 1.82) is 0 Å². The summed E-state index contributed by atoms with van der Waals surface area (Å²) in [6, 6.07) is 0.408. The number of carboxylic acid groups (broad SMARTS) is 1. The normalized spacial score (nSPS) is 21.5. The van der Waals surface area contributed by atoms with Crippen molar-refractivity contribution in [1.82, 2.24) is 16.0 Å². The third kappa shape index (κ3) is 12.4. The lowest BCUT2D eigenvalue weighted by atomic mass is 10.0. The molecular weight excluding hydrogens is 454 g/mol. The van der Waals surface area contributed by atoms with Gasteiger partial charge in [-0.25, -0.2) is 4.79 Å². The Morgan fingerprint density at radius 3 is 2.21 bits per heavy atom. The number of urea groups is 1. The van der Waals surface area contributed by atoms with Crippen molar-refractivity contribution in [2.24, 2.45) is 0 Å². The SMILES string of the molecule is O=C(O)CCOCCOCCOCCOCCNC(=O)CCCC[C@H]1SC[C@@H]2NC(=O)N[C@H]21. The second-order valence-electron chi connectivity index (χ2n) is 7.81. The lowest BCUT2D eigenvalue weighted by molar-refractivity contribution is -0.138. The Bertz CT molecular complexity index is 598. The molecule has 0 spiro atoms. The summed E-state index contributed by atoms with van der Waals surface area (Å²) in [5, 5.41) is 17.7. The number of thioether (sulfide) groups is 1. The summed E-state index contributed by atoms with van der Waals surface area (Å²) < 4.78 is 21.2. The number of amides is 3. The van der Waals surface area contributed by atoms with E-state index >= 15 is 0 Å². The Morgan fingerprint density at radius 2 is 1.55 bits per heavy atom. The Morgan fingerprint density at radius 1 is 0.909 bits per heavy atom. The third-order valence-electron chi connectivity index (χ3n) is 5.23. The minimum Gasteiger partial charge on any atom is -0.481 e. The maximum absolute atomic E-state index is 11.9. The summed E-state index contributed by atoms with van der Waals surface area (Å²) in [5.41, 5.74) is 0. The molecule has 12 heteroatoms. The van der Waals surface area contributed by atoms with E-state index in [0.29, 0.717) is 64.5 Å². The number of ether oxygens (including phenoxy) is 4. The van der Waals surface area contributed by atoms with Gasteiger partial charge >= 0.3 is 12.0 Å². The zero-order chi connectivity index (χ0) is 23.7. The highest BCUT2D eigenvalue weighted by atomic mass is 32.2. The van der Waals surface area contributed by atoms with E-state index in [2.05, 4.69) is 16.0 Å². The maximum Gasteiger partial charge on any atom is 0.315 e. The molecule has 0 aromatic carbocycles. The molecule has 0 bridgehead atoms. The number of unbranched alkanes of at least 4 members (excludes halogenated alkanes) is 1. The fourth-order valence-corrected chi connectivity index (χ4v) is 5.09. The van der Waals surface area contributed by atoms with E-state index in [-0.39, 0.29) is 37.0 Å². The van der Waals surface area contributed by atoms with Crippen LogP contribution in [-0.4, -0.2) is 106 Å². The minimum atomic E-state index is -0.878. The molecule has 190 valence electrons. The second kappa shape index (κ2) is 16.9. The maximum atomic E-state index is 11.9. The molecule has 0 aromatic rings. The monoisotopic (exact) mass is 491 g/mol. The molecule has 2 saturated heterocycles. The average Bonchev–Trinajstić information content (AvgIpc) is 3.33. The zero-order valence-electron chi connectivity index (χ0n) is 19.1. The molecule has 2 aliphatic rings. The highest BCUT2D eigenvalue weighted by molar-refractivity contribution is 8.00. The second-order valence-corrected chi connectivity index (χ2v) is 9.08. The number of rotatable bonds is 20. The van der Waals surface area contributed by atoms with Gasteiger partial charge in [0.1, 0.15) is 0 Å². The first-order valence-corrected chi connectivity index (χ1v) is 12.6. The van der Waals surface area contributed by atoms with Crippen LogP contribution >= 0.6 is 11.8 Å². The number of hydrogen-bond donors (Lipinski definition) is 4. The van der Waals surface area contributed by atoms with Gasteiger partial charge in [-0.1, -0.05) is 6.42 Å². The van der Waals surface area contributed by atoms with Crippen LogP contribution < -0.4 is 16.0 Å². The van der Waals surface area contributed by atoms with Crippen molar-refractivity contribution < 1.29 is 38.4 Å². The van der Waals surface area contributed by atoms with Gasteiger partial charge in [-0.15, -0.1) is 0 Å². The molecular formula is C21H37N3O8S. The van der Waals surface area contributed by atoms with E-state index in [0.717, 1.165) is 25.0 Å². The number of carbonyl (C=O) groups excluding carboxylic acids is 2. The number of fused-ring (bicyclic) bond motifs is 1. The van der Waals surface area contributed by atoms with E-state index in [1.54, 1.807) is 0 Å². The minimum absolute atomic E-state index is 0.00563. The van der Waals surface area contributed by atoms with Crippen LogP contribution in [-0.2, 0) is 28.5 Å². The fraction of sp³-hybridized carbons (Fsp3) is 0.857. The highest BCUT2D eigenvalue weighted by Gasteiger charge is 2.42. The van der Waals surface area contributed by atoms with Crippen LogP contribution in [0.25, 0.3) is 0 Å². The van der Waals surface area contributed by atoms with Gasteiger partial charge in [0.05, 0.1) is 71.4 Å². The molecule has 11 nitrogen and oxygen atoms in total. The van der Waals surface area contributed by atoms with Gasteiger partial charge in [0.2, 0.25) is 5.91 Å². The van der Waals surface area contributed by atoms with Crippen LogP contribution in [0.3, 0.4) is 0 Å². The highest BCUT2D eigenvalue weighted by Crippen LogP contribution is 2.33. The molecule has 33 heavy (non-hydrogen) atoms. The first-order valence-electron chi connectivity index (χ1n) is 11.5. The van der Waals surface area contributed by atoms with Crippen molar-refractivity contribution in [3.8, 4) is 0 Å².